The Balaban J connectivity index is 1.38. The molecule has 0 saturated carbocycles. The molecule has 12 heteroatoms. The van der Waals surface area contributed by atoms with Crippen molar-refractivity contribution in [3.63, 3.8) is 0 Å². The largest absolute Gasteiger partial charge is 0.496 e. The Labute approximate surface area is 271 Å². The van der Waals surface area contributed by atoms with E-state index >= 15 is 0 Å². The van der Waals surface area contributed by atoms with Crippen molar-refractivity contribution < 1.29 is 31.8 Å². The Morgan fingerprint density at radius 3 is 2.67 bits per heavy atom. The molecule has 0 spiro atoms. The lowest BCUT2D eigenvalue weighted by Gasteiger charge is -2.31. The second-order valence-corrected chi connectivity index (χ2v) is 12.7. The highest BCUT2D eigenvalue weighted by Gasteiger charge is 2.38. The average molecular weight is 699 g/mol. The van der Waals surface area contributed by atoms with Gasteiger partial charge in [-0.15, -0.1) is 0 Å². The molecule has 9 nitrogen and oxygen atoms in total. The lowest BCUT2D eigenvalue weighted by molar-refractivity contribution is 0.00419. The molecule has 0 amide bonds. The molecule has 0 radical (unpaired) electrons. The van der Waals surface area contributed by atoms with E-state index in [4.69, 9.17) is 18.9 Å². The number of halogens is 2. The quantitative estimate of drug-likeness (QED) is 0.116. The molecule has 5 rings (SSSR count). The van der Waals surface area contributed by atoms with Gasteiger partial charge in [0.05, 0.1) is 41.4 Å². The Morgan fingerprint density at radius 2 is 1.98 bits per heavy atom. The summed E-state index contributed by atoms with van der Waals surface area (Å²) in [5.41, 5.74) is 2.17. The van der Waals surface area contributed by atoms with Crippen LogP contribution in [-0.2, 0) is 32.0 Å². The number of fused-ring (bicyclic) bond motifs is 1. The molecule has 1 aromatic heterocycles. The molecular formula is C33H33BrFN3O6S. The van der Waals surface area contributed by atoms with Crippen LogP contribution < -0.4 is 14.8 Å². The lowest BCUT2D eigenvalue weighted by Crippen LogP contribution is -2.28. The average Bonchev–Trinajstić information content (AvgIpc) is 3.49. The molecule has 1 atom stereocenters. The SMILES string of the molecule is COc1cc2ncnc(Nc3ccc(OCc4cccc(F)c4)c(Br)c3)c2cc1C1(CCOCC(C(C)C)=S(=O)=O)CC=CO1. The van der Waals surface area contributed by atoms with Gasteiger partial charge in [0.25, 0.3) is 0 Å². The topological polar surface area (TPSA) is 109 Å². The zero-order chi connectivity index (χ0) is 32.0. The molecule has 1 aliphatic heterocycles. The Bertz CT molecular complexity index is 1850. The van der Waals surface area contributed by atoms with Gasteiger partial charge in [0, 0.05) is 35.5 Å². The van der Waals surface area contributed by atoms with E-state index in [1.807, 2.05) is 50.3 Å². The van der Waals surface area contributed by atoms with E-state index < -0.39 is 15.9 Å². The number of hydrogen-bond donors (Lipinski definition) is 1. The highest BCUT2D eigenvalue weighted by molar-refractivity contribution is 9.10. The van der Waals surface area contributed by atoms with Crippen LogP contribution in [0.15, 0.2) is 77.7 Å². The summed E-state index contributed by atoms with van der Waals surface area (Å²) in [7, 11) is -0.706. The zero-order valence-corrected chi connectivity index (χ0v) is 27.5. The number of nitrogens with zero attached hydrogens (tertiary/aromatic N) is 2. The van der Waals surface area contributed by atoms with Crippen molar-refractivity contribution in [1.29, 1.82) is 0 Å². The molecule has 1 N–H and O–H groups in total. The number of hydrogen-bond acceptors (Lipinski definition) is 9. The van der Waals surface area contributed by atoms with Crippen LogP contribution in [0.4, 0.5) is 15.9 Å². The maximum Gasteiger partial charge on any atom is 0.215 e. The van der Waals surface area contributed by atoms with E-state index in [0.29, 0.717) is 45.0 Å². The number of benzene rings is 3. The molecule has 4 aromatic rings. The zero-order valence-electron chi connectivity index (χ0n) is 25.0. The van der Waals surface area contributed by atoms with Crippen LogP contribution in [0.2, 0.25) is 0 Å². The summed E-state index contributed by atoms with van der Waals surface area (Å²) < 4.78 is 61.1. The van der Waals surface area contributed by atoms with Gasteiger partial charge in [0.15, 0.2) is 0 Å². The van der Waals surface area contributed by atoms with Gasteiger partial charge < -0.3 is 24.3 Å². The molecule has 2 heterocycles. The van der Waals surface area contributed by atoms with Gasteiger partial charge in [0.2, 0.25) is 10.3 Å². The maximum absolute atomic E-state index is 13.5. The van der Waals surface area contributed by atoms with Crippen molar-refractivity contribution in [1.82, 2.24) is 9.97 Å². The number of methoxy groups -OCH3 is 1. The predicted molar refractivity (Wildman–Crippen MR) is 175 cm³/mol. The van der Waals surface area contributed by atoms with Crippen LogP contribution in [0.5, 0.6) is 11.5 Å². The van der Waals surface area contributed by atoms with E-state index in [1.54, 1.807) is 25.5 Å². The number of nitrogens with one attached hydrogen (secondary N) is 1. The minimum atomic E-state index is -2.30. The normalized spacial score (nSPS) is 15.7. The number of anilines is 2. The first-order chi connectivity index (χ1) is 21.7. The fourth-order valence-electron chi connectivity index (χ4n) is 5.08. The summed E-state index contributed by atoms with van der Waals surface area (Å²) in [4.78, 5) is 9.32. The third-order valence-electron chi connectivity index (χ3n) is 7.52. The molecule has 3 aromatic carbocycles. The van der Waals surface area contributed by atoms with E-state index in [1.165, 1.54) is 18.5 Å². The third-order valence-corrected chi connectivity index (χ3v) is 9.15. The first-order valence-corrected chi connectivity index (χ1v) is 16.2. The Morgan fingerprint density at radius 1 is 1.13 bits per heavy atom. The van der Waals surface area contributed by atoms with Crippen molar-refractivity contribution >= 4 is 53.5 Å². The molecule has 0 aliphatic carbocycles. The second-order valence-electron chi connectivity index (χ2n) is 10.8. The van der Waals surface area contributed by atoms with Crippen LogP contribution in [0.1, 0.15) is 37.8 Å². The van der Waals surface area contributed by atoms with E-state index in [2.05, 4.69) is 31.2 Å². The van der Waals surface area contributed by atoms with Crippen LogP contribution in [0.25, 0.3) is 10.9 Å². The molecular weight excluding hydrogens is 665 g/mol. The van der Waals surface area contributed by atoms with Crippen molar-refractivity contribution in [3.8, 4) is 11.5 Å². The third kappa shape index (κ3) is 7.63. The minimum absolute atomic E-state index is 0.0260. The summed E-state index contributed by atoms with van der Waals surface area (Å²) in [6, 6.07) is 15.7. The van der Waals surface area contributed by atoms with Crippen LogP contribution >= 0.6 is 15.9 Å². The van der Waals surface area contributed by atoms with Gasteiger partial charge in [-0.3, -0.25) is 0 Å². The smallest absolute Gasteiger partial charge is 0.215 e. The van der Waals surface area contributed by atoms with E-state index in [0.717, 1.165) is 22.2 Å². The van der Waals surface area contributed by atoms with Gasteiger partial charge >= 0.3 is 0 Å². The Hall–Kier alpha value is -4.00. The summed E-state index contributed by atoms with van der Waals surface area (Å²) in [5.74, 6) is 1.34. The molecule has 236 valence electrons. The molecule has 45 heavy (non-hydrogen) atoms. The van der Waals surface area contributed by atoms with Crippen LogP contribution in [0.3, 0.4) is 0 Å². The highest BCUT2D eigenvalue weighted by Crippen LogP contribution is 2.44. The standard InChI is InChI=1S/C33H33BrFN3O6S/c1-21(2)31(45(39)40)19-42-13-11-33(10-5-12-44-33)26-16-25-28(17-30(26)41-3)36-20-37-32(25)38-24-8-9-29(27(34)15-24)43-18-22-6-4-7-23(35)14-22/h4-9,12,14-17,20-21H,10-11,13,18-19H2,1-3H3,(H,36,37,38). The van der Waals surface area contributed by atoms with Crippen LogP contribution in [-0.4, -0.2) is 43.6 Å². The molecule has 1 aliphatic rings. The van der Waals surface area contributed by atoms with Crippen LogP contribution in [0, 0.1) is 11.7 Å². The van der Waals surface area contributed by atoms with Gasteiger partial charge in [-0.2, -0.15) is 8.42 Å². The fraction of sp³-hybridized carbons (Fsp3) is 0.303. The van der Waals surface area contributed by atoms with E-state index in [9.17, 15) is 12.8 Å². The van der Waals surface area contributed by atoms with Gasteiger partial charge in [-0.1, -0.05) is 26.0 Å². The fourth-order valence-corrected chi connectivity index (χ4v) is 6.14. The minimum Gasteiger partial charge on any atom is -0.496 e. The van der Waals surface area contributed by atoms with Gasteiger partial charge in [-0.05, 0) is 69.9 Å². The van der Waals surface area contributed by atoms with E-state index in [-0.39, 0.29) is 31.6 Å². The first-order valence-electron chi connectivity index (χ1n) is 14.3. The van der Waals surface area contributed by atoms with Crippen molar-refractivity contribution in [2.75, 3.05) is 25.6 Å². The van der Waals surface area contributed by atoms with Crippen molar-refractivity contribution in [2.45, 2.75) is 38.9 Å². The molecule has 0 saturated heterocycles. The summed E-state index contributed by atoms with van der Waals surface area (Å²) in [6.07, 6.45) is 6.12. The Kier molecular flexibility index (Phi) is 10.4. The number of ether oxygens (including phenoxy) is 4. The van der Waals surface area contributed by atoms with Gasteiger partial charge in [0.1, 0.15) is 41.7 Å². The maximum atomic E-state index is 13.5. The van der Waals surface area contributed by atoms with Gasteiger partial charge in [-0.25, -0.2) is 14.4 Å². The number of aromatic nitrogens is 2. The highest BCUT2D eigenvalue weighted by atomic mass is 79.9. The molecule has 0 fully saturated rings. The second kappa shape index (κ2) is 14.4. The summed E-state index contributed by atoms with van der Waals surface area (Å²) >= 11 is 3.58. The molecule has 0 bridgehead atoms. The summed E-state index contributed by atoms with van der Waals surface area (Å²) in [6.45, 7) is 4.17. The number of rotatable bonds is 13. The summed E-state index contributed by atoms with van der Waals surface area (Å²) in [5, 5.41) is 4.13. The predicted octanol–water partition coefficient (Wildman–Crippen LogP) is 7.11. The van der Waals surface area contributed by atoms with Crippen molar-refractivity contribution in [2.24, 2.45) is 5.92 Å². The lowest BCUT2D eigenvalue weighted by atomic mass is 9.86. The monoisotopic (exact) mass is 697 g/mol. The molecule has 1 unspecified atom stereocenters. The first kappa shape index (κ1) is 32.4. The van der Waals surface area contributed by atoms with Crippen molar-refractivity contribution in [3.05, 3.63) is 94.7 Å².